The number of amides is 2. The van der Waals surface area contributed by atoms with E-state index in [0.29, 0.717) is 5.92 Å². The van der Waals surface area contributed by atoms with Gasteiger partial charge in [0.2, 0.25) is 11.8 Å². The van der Waals surface area contributed by atoms with Crippen LogP contribution in [0.5, 0.6) is 0 Å². The Labute approximate surface area is 114 Å². The number of piperidine rings is 1. The minimum atomic E-state index is -0.854. The Balaban J connectivity index is 1.96. The second-order valence-electron chi connectivity index (χ2n) is 6.03. The highest BCUT2D eigenvalue weighted by Crippen LogP contribution is 2.29. The van der Waals surface area contributed by atoms with E-state index in [9.17, 15) is 14.7 Å². The van der Waals surface area contributed by atoms with Crippen molar-refractivity contribution < 1.29 is 14.7 Å². The maximum absolute atomic E-state index is 12.4. The number of hydrogen-bond donors (Lipinski definition) is 2. The summed E-state index contributed by atoms with van der Waals surface area (Å²) in [6.45, 7) is 5.13. The number of nitrogens with zero attached hydrogens (tertiary/aromatic N) is 1. The Kier molecular flexibility index (Phi) is 4.45. The fourth-order valence-electron chi connectivity index (χ4n) is 2.59. The van der Waals surface area contributed by atoms with Gasteiger partial charge in [0.25, 0.3) is 0 Å². The third-order valence-electron chi connectivity index (χ3n) is 3.96. The Bertz CT molecular complexity index is 353. The van der Waals surface area contributed by atoms with Crippen molar-refractivity contribution in [1.82, 2.24) is 10.2 Å². The van der Waals surface area contributed by atoms with Gasteiger partial charge in [-0.2, -0.15) is 0 Å². The molecule has 0 bridgehead atoms. The van der Waals surface area contributed by atoms with Crippen LogP contribution in [0.15, 0.2) is 0 Å². The lowest BCUT2D eigenvalue weighted by atomic mass is 9.99. The molecule has 5 heteroatoms. The molecule has 1 saturated heterocycles. The molecule has 3 unspecified atom stereocenters. The topological polar surface area (TPSA) is 69.6 Å². The summed E-state index contributed by atoms with van der Waals surface area (Å²) >= 11 is 0. The van der Waals surface area contributed by atoms with Crippen molar-refractivity contribution in [2.24, 2.45) is 11.8 Å². The maximum Gasteiger partial charge on any atom is 0.247 e. The third kappa shape index (κ3) is 3.69. The van der Waals surface area contributed by atoms with Crippen molar-refractivity contribution in [3.8, 4) is 0 Å². The summed E-state index contributed by atoms with van der Waals surface area (Å²) in [6, 6.07) is -0.793. The normalized spacial score (nSPS) is 26.7. The molecule has 0 aromatic rings. The summed E-state index contributed by atoms with van der Waals surface area (Å²) in [7, 11) is 0. The molecule has 2 N–H and O–H groups in total. The molecule has 2 amide bonds. The minimum Gasteiger partial charge on any atom is -0.391 e. The van der Waals surface area contributed by atoms with Gasteiger partial charge < -0.3 is 15.3 Å². The molecule has 0 aromatic carbocycles. The Morgan fingerprint density at radius 1 is 1.32 bits per heavy atom. The largest absolute Gasteiger partial charge is 0.391 e. The molecule has 19 heavy (non-hydrogen) atoms. The fraction of sp³-hybridized carbons (Fsp3) is 0.857. The van der Waals surface area contributed by atoms with E-state index < -0.39 is 12.1 Å². The zero-order valence-electron chi connectivity index (χ0n) is 11.8. The molecule has 1 aliphatic carbocycles. The van der Waals surface area contributed by atoms with Crippen LogP contribution < -0.4 is 5.32 Å². The van der Waals surface area contributed by atoms with Gasteiger partial charge in [-0.25, -0.2) is 0 Å². The SMILES string of the molecule is CC1CCCN(C(=O)C(NC(=O)C2CC2)C(C)O)C1. The Morgan fingerprint density at radius 2 is 2.00 bits per heavy atom. The number of carbonyl (C=O) groups is 2. The molecule has 1 heterocycles. The maximum atomic E-state index is 12.4. The third-order valence-corrected chi connectivity index (χ3v) is 3.96. The van der Waals surface area contributed by atoms with Gasteiger partial charge in [-0.3, -0.25) is 9.59 Å². The van der Waals surface area contributed by atoms with Crippen LogP contribution in [0.3, 0.4) is 0 Å². The molecular weight excluding hydrogens is 244 g/mol. The second kappa shape index (κ2) is 5.90. The van der Waals surface area contributed by atoms with Crippen molar-refractivity contribution in [3.63, 3.8) is 0 Å². The zero-order chi connectivity index (χ0) is 14.0. The molecular formula is C14H24N2O3. The van der Waals surface area contributed by atoms with Crippen molar-refractivity contribution >= 4 is 11.8 Å². The fourth-order valence-corrected chi connectivity index (χ4v) is 2.59. The summed E-state index contributed by atoms with van der Waals surface area (Å²) in [5, 5.41) is 12.5. The number of aliphatic hydroxyl groups excluding tert-OH is 1. The van der Waals surface area contributed by atoms with E-state index in [4.69, 9.17) is 0 Å². The summed E-state index contributed by atoms with van der Waals surface area (Å²) < 4.78 is 0. The summed E-state index contributed by atoms with van der Waals surface area (Å²) in [4.78, 5) is 26.0. The van der Waals surface area contributed by atoms with Crippen LogP contribution in [0, 0.1) is 11.8 Å². The number of hydrogen-bond acceptors (Lipinski definition) is 3. The van der Waals surface area contributed by atoms with Crippen molar-refractivity contribution in [2.75, 3.05) is 13.1 Å². The Hall–Kier alpha value is -1.10. The molecule has 1 aliphatic heterocycles. The van der Waals surface area contributed by atoms with Gasteiger partial charge in [-0.15, -0.1) is 0 Å². The second-order valence-corrected chi connectivity index (χ2v) is 6.03. The quantitative estimate of drug-likeness (QED) is 0.781. The van der Waals surface area contributed by atoms with Crippen LogP contribution in [-0.2, 0) is 9.59 Å². The van der Waals surface area contributed by atoms with E-state index in [0.717, 1.165) is 38.8 Å². The molecule has 2 rings (SSSR count). The van der Waals surface area contributed by atoms with E-state index in [2.05, 4.69) is 12.2 Å². The smallest absolute Gasteiger partial charge is 0.247 e. The van der Waals surface area contributed by atoms with E-state index in [1.165, 1.54) is 0 Å². The lowest BCUT2D eigenvalue weighted by Crippen LogP contribution is -2.55. The predicted molar refractivity (Wildman–Crippen MR) is 71.3 cm³/mol. The van der Waals surface area contributed by atoms with Crippen molar-refractivity contribution in [3.05, 3.63) is 0 Å². The average Bonchev–Trinajstić information content (AvgIpc) is 3.18. The van der Waals surface area contributed by atoms with Gasteiger partial charge in [0.1, 0.15) is 6.04 Å². The number of carbonyl (C=O) groups excluding carboxylic acids is 2. The van der Waals surface area contributed by atoms with Crippen LogP contribution in [0.2, 0.25) is 0 Å². The first kappa shape index (κ1) is 14.3. The summed E-state index contributed by atoms with van der Waals surface area (Å²) in [5.41, 5.74) is 0. The van der Waals surface area contributed by atoms with Gasteiger partial charge in [0, 0.05) is 19.0 Å². The molecule has 0 radical (unpaired) electrons. The van der Waals surface area contributed by atoms with Gasteiger partial charge in [0.15, 0.2) is 0 Å². The predicted octanol–water partition coefficient (Wildman–Crippen LogP) is 0.520. The lowest BCUT2D eigenvalue weighted by Gasteiger charge is -2.34. The van der Waals surface area contributed by atoms with Gasteiger partial charge in [-0.1, -0.05) is 6.92 Å². The van der Waals surface area contributed by atoms with Crippen molar-refractivity contribution in [2.45, 2.75) is 51.7 Å². The highest BCUT2D eigenvalue weighted by atomic mass is 16.3. The molecule has 5 nitrogen and oxygen atoms in total. The van der Waals surface area contributed by atoms with Crippen molar-refractivity contribution in [1.29, 1.82) is 0 Å². The van der Waals surface area contributed by atoms with Crippen LogP contribution >= 0.6 is 0 Å². The van der Waals surface area contributed by atoms with Gasteiger partial charge in [0.05, 0.1) is 6.10 Å². The van der Waals surface area contributed by atoms with Crippen LogP contribution in [0.1, 0.15) is 39.5 Å². The number of rotatable bonds is 4. The van der Waals surface area contributed by atoms with Crippen LogP contribution in [-0.4, -0.2) is 47.1 Å². The van der Waals surface area contributed by atoms with Gasteiger partial charge >= 0.3 is 0 Å². The first-order valence-corrected chi connectivity index (χ1v) is 7.26. The average molecular weight is 268 g/mol. The standard InChI is InChI=1S/C14H24N2O3/c1-9-4-3-7-16(8-9)14(19)12(10(2)17)15-13(18)11-5-6-11/h9-12,17H,3-8H2,1-2H3,(H,15,18). The van der Waals surface area contributed by atoms with Crippen LogP contribution in [0.25, 0.3) is 0 Å². The highest BCUT2D eigenvalue weighted by molar-refractivity contribution is 5.89. The first-order chi connectivity index (χ1) is 8.99. The number of likely N-dealkylation sites (tertiary alicyclic amines) is 1. The monoisotopic (exact) mass is 268 g/mol. The molecule has 3 atom stereocenters. The summed E-state index contributed by atoms with van der Waals surface area (Å²) in [6.07, 6.45) is 3.07. The molecule has 0 aromatic heterocycles. The minimum absolute atomic E-state index is 0.0503. The van der Waals surface area contributed by atoms with E-state index in [1.54, 1.807) is 11.8 Å². The number of aliphatic hydroxyl groups is 1. The summed E-state index contributed by atoms with van der Waals surface area (Å²) in [5.74, 6) is 0.306. The molecule has 0 spiro atoms. The molecule has 2 aliphatic rings. The first-order valence-electron chi connectivity index (χ1n) is 7.26. The highest BCUT2D eigenvalue weighted by Gasteiger charge is 2.36. The molecule has 108 valence electrons. The van der Waals surface area contributed by atoms with E-state index >= 15 is 0 Å². The van der Waals surface area contributed by atoms with E-state index in [1.807, 2.05) is 0 Å². The molecule has 1 saturated carbocycles. The molecule has 2 fully saturated rings. The Morgan fingerprint density at radius 3 is 2.53 bits per heavy atom. The lowest BCUT2D eigenvalue weighted by molar-refractivity contribution is -0.141. The van der Waals surface area contributed by atoms with Crippen LogP contribution in [0.4, 0.5) is 0 Å². The number of nitrogens with one attached hydrogen (secondary N) is 1. The zero-order valence-corrected chi connectivity index (χ0v) is 11.8. The van der Waals surface area contributed by atoms with E-state index in [-0.39, 0.29) is 17.7 Å². The van der Waals surface area contributed by atoms with Gasteiger partial charge in [-0.05, 0) is 38.5 Å².